The van der Waals surface area contributed by atoms with Crippen molar-refractivity contribution in [2.75, 3.05) is 6.61 Å². The van der Waals surface area contributed by atoms with Crippen molar-refractivity contribution in [3.8, 4) is 11.5 Å². The second-order valence-electron chi connectivity index (χ2n) is 6.24. The summed E-state index contributed by atoms with van der Waals surface area (Å²) < 4.78 is 12.3. The van der Waals surface area contributed by atoms with E-state index in [0.717, 1.165) is 11.1 Å². The van der Waals surface area contributed by atoms with Gasteiger partial charge < -0.3 is 9.47 Å². The lowest BCUT2D eigenvalue weighted by molar-refractivity contribution is 0.0954. The van der Waals surface area contributed by atoms with Crippen LogP contribution in [0.5, 0.6) is 11.5 Å². The SMILES string of the molecule is CCOc1cc(/C=N\NC(=O)c2ccccc2Br)ccc1OCc1cccc(Cl)c1. The first kappa shape index (κ1) is 21.9. The van der Waals surface area contributed by atoms with Crippen LogP contribution in [0.1, 0.15) is 28.4 Å². The lowest BCUT2D eigenvalue weighted by atomic mass is 10.2. The second-order valence-corrected chi connectivity index (χ2v) is 7.53. The third kappa shape index (κ3) is 6.08. The molecule has 0 saturated heterocycles. The molecule has 0 saturated carbocycles. The Morgan fingerprint density at radius 3 is 2.67 bits per heavy atom. The van der Waals surface area contributed by atoms with Crippen molar-refractivity contribution < 1.29 is 14.3 Å². The van der Waals surface area contributed by atoms with Crippen LogP contribution in [-0.2, 0) is 6.61 Å². The third-order valence-corrected chi connectivity index (χ3v) is 4.98. The number of amides is 1. The first-order valence-electron chi connectivity index (χ1n) is 9.29. The van der Waals surface area contributed by atoms with Gasteiger partial charge >= 0.3 is 0 Å². The Morgan fingerprint density at radius 1 is 1.07 bits per heavy atom. The molecule has 0 bridgehead atoms. The van der Waals surface area contributed by atoms with Crippen LogP contribution in [0, 0.1) is 0 Å². The minimum absolute atomic E-state index is 0.301. The molecule has 0 fully saturated rings. The summed E-state index contributed by atoms with van der Waals surface area (Å²) in [5, 5.41) is 4.70. The molecular formula is C23H20BrClN2O3. The van der Waals surface area contributed by atoms with Gasteiger partial charge in [-0.25, -0.2) is 5.43 Å². The van der Waals surface area contributed by atoms with Gasteiger partial charge in [-0.1, -0.05) is 35.9 Å². The fourth-order valence-electron chi connectivity index (χ4n) is 2.65. The molecule has 3 rings (SSSR count). The van der Waals surface area contributed by atoms with Gasteiger partial charge in [-0.2, -0.15) is 5.10 Å². The van der Waals surface area contributed by atoms with Gasteiger partial charge in [-0.05, 0) is 76.4 Å². The number of halogens is 2. The van der Waals surface area contributed by atoms with E-state index in [1.54, 1.807) is 24.4 Å². The Bertz CT molecular complexity index is 1060. The summed E-state index contributed by atoms with van der Waals surface area (Å²) in [6.07, 6.45) is 1.55. The van der Waals surface area contributed by atoms with Crippen LogP contribution in [0.3, 0.4) is 0 Å². The number of carbonyl (C=O) groups is 1. The maximum Gasteiger partial charge on any atom is 0.272 e. The number of nitrogens with zero attached hydrogens (tertiary/aromatic N) is 1. The number of benzene rings is 3. The minimum atomic E-state index is -0.301. The number of hydrazone groups is 1. The van der Waals surface area contributed by atoms with Crippen LogP contribution in [0.25, 0.3) is 0 Å². The Hall–Kier alpha value is -2.83. The maximum atomic E-state index is 12.2. The number of carbonyl (C=O) groups excluding carboxylic acids is 1. The van der Waals surface area contributed by atoms with Crippen molar-refractivity contribution in [2.24, 2.45) is 5.10 Å². The van der Waals surface area contributed by atoms with Crippen LogP contribution >= 0.6 is 27.5 Å². The van der Waals surface area contributed by atoms with Crippen LogP contribution in [0.4, 0.5) is 0 Å². The van der Waals surface area contributed by atoms with Gasteiger partial charge in [0.2, 0.25) is 0 Å². The molecule has 7 heteroatoms. The molecule has 0 unspecified atom stereocenters. The van der Waals surface area contributed by atoms with Crippen molar-refractivity contribution in [2.45, 2.75) is 13.5 Å². The number of nitrogens with one attached hydrogen (secondary N) is 1. The highest BCUT2D eigenvalue weighted by atomic mass is 79.9. The summed E-state index contributed by atoms with van der Waals surface area (Å²) in [6, 6.07) is 20.1. The van der Waals surface area contributed by atoms with Gasteiger partial charge in [0.25, 0.3) is 5.91 Å². The van der Waals surface area contributed by atoms with E-state index in [4.69, 9.17) is 21.1 Å². The summed E-state index contributed by atoms with van der Waals surface area (Å²) in [4.78, 5) is 12.2. The molecule has 154 valence electrons. The summed E-state index contributed by atoms with van der Waals surface area (Å²) in [5.41, 5.74) is 4.76. The highest BCUT2D eigenvalue weighted by Crippen LogP contribution is 2.29. The average Bonchev–Trinajstić information content (AvgIpc) is 2.74. The summed E-state index contributed by atoms with van der Waals surface area (Å²) in [6.45, 7) is 2.77. The van der Waals surface area contributed by atoms with Crippen LogP contribution in [-0.4, -0.2) is 18.7 Å². The Labute approximate surface area is 188 Å². The molecule has 30 heavy (non-hydrogen) atoms. The molecular weight excluding hydrogens is 468 g/mol. The van der Waals surface area contributed by atoms with Crippen molar-refractivity contribution in [3.63, 3.8) is 0 Å². The van der Waals surface area contributed by atoms with Crippen molar-refractivity contribution in [3.05, 3.63) is 92.9 Å². The maximum absolute atomic E-state index is 12.2. The van der Waals surface area contributed by atoms with Gasteiger partial charge in [0.05, 0.1) is 18.4 Å². The molecule has 5 nitrogen and oxygen atoms in total. The van der Waals surface area contributed by atoms with Crippen LogP contribution in [0.15, 0.2) is 76.3 Å². The molecule has 0 spiro atoms. The molecule has 1 amide bonds. The van der Waals surface area contributed by atoms with E-state index in [0.29, 0.717) is 39.8 Å². The minimum Gasteiger partial charge on any atom is -0.490 e. The molecule has 0 atom stereocenters. The van der Waals surface area contributed by atoms with E-state index < -0.39 is 0 Å². The topological polar surface area (TPSA) is 59.9 Å². The molecule has 3 aromatic rings. The van der Waals surface area contributed by atoms with Crippen molar-refractivity contribution in [1.82, 2.24) is 5.43 Å². The second kappa shape index (κ2) is 10.8. The zero-order chi connectivity index (χ0) is 21.3. The van der Waals surface area contributed by atoms with Crippen molar-refractivity contribution in [1.29, 1.82) is 0 Å². The van der Waals surface area contributed by atoms with E-state index in [1.165, 1.54) is 0 Å². The number of hydrogen-bond acceptors (Lipinski definition) is 4. The number of rotatable bonds is 8. The fourth-order valence-corrected chi connectivity index (χ4v) is 3.33. The van der Waals surface area contributed by atoms with Gasteiger partial charge in [-0.15, -0.1) is 0 Å². The number of hydrogen-bond donors (Lipinski definition) is 1. The van der Waals surface area contributed by atoms with Gasteiger partial charge in [-0.3, -0.25) is 4.79 Å². The summed E-state index contributed by atoms with van der Waals surface area (Å²) >= 11 is 9.37. The average molecular weight is 488 g/mol. The zero-order valence-corrected chi connectivity index (χ0v) is 18.6. The smallest absolute Gasteiger partial charge is 0.272 e. The number of ether oxygens (including phenoxy) is 2. The normalized spacial score (nSPS) is 10.8. The standard InChI is InChI=1S/C23H20BrClN2O3/c1-2-29-22-13-16(14-26-27-23(28)19-8-3-4-9-20(19)24)10-11-21(22)30-15-17-6-5-7-18(25)12-17/h3-14H,2,15H2,1H3,(H,27,28)/b26-14-. The molecule has 1 N–H and O–H groups in total. The van der Waals surface area contributed by atoms with Gasteiger partial charge in [0.15, 0.2) is 11.5 Å². The van der Waals surface area contributed by atoms with E-state index in [9.17, 15) is 4.79 Å². The van der Waals surface area contributed by atoms with Crippen molar-refractivity contribution >= 4 is 39.7 Å². The summed E-state index contributed by atoms with van der Waals surface area (Å²) in [5.74, 6) is 0.914. The van der Waals surface area contributed by atoms with E-state index in [1.807, 2.05) is 55.5 Å². The van der Waals surface area contributed by atoms with Gasteiger partial charge in [0, 0.05) is 9.50 Å². The molecule has 0 heterocycles. The molecule has 0 aliphatic rings. The largest absolute Gasteiger partial charge is 0.490 e. The summed E-state index contributed by atoms with van der Waals surface area (Å²) in [7, 11) is 0. The fraction of sp³-hybridized carbons (Fsp3) is 0.130. The predicted molar refractivity (Wildman–Crippen MR) is 123 cm³/mol. The molecule has 0 radical (unpaired) electrons. The van der Waals surface area contributed by atoms with Crippen LogP contribution < -0.4 is 14.9 Å². The van der Waals surface area contributed by atoms with E-state index in [2.05, 4.69) is 26.5 Å². The molecule has 0 aliphatic carbocycles. The molecule has 0 aliphatic heterocycles. The quantitative estimate of drug-likeness (QED) is 0.320. The predicted octanol–water partition coefficient (Wildman–Crippen LogP) is 5.84. The van der Waals surface area contributed by atoms with Gasteiger partial charge in [0.1, 0.15) is 6.61 Å². The third-order valence-electron chi connectivity index (χ3n) is 4.05. The highest BCUT2D eigenvalue weighted by Gasteiger charge is 2.09. The Morgan fingerprint density at radius 2 is 1.90 bits per heavy atom. The van der Waals surface area contributed by atoms with Crippen LogP contribution in [0.2, 0.25) is 5.02 Å². The highest BCUT2D eigenvalue weighted by molar-refractivity contribution is 9.10. The zero-order valence-electron chi connectivity index (χ0n) is 16.3. The molecule has 3 aromatic carbocycles. The van der Waals surface area contributed by atoms with E-state index >= 15 is 0 Å². The lowest BCUT2D eigenvalue weighted by Gasteiger charge is -2.13. The first-order chi connectivity index (χ1) is 14.6. The first-order valence-corrected chi connectivity index (χ1v) is 10.5. The lowest BCUT2D eigenvalue weighted by Crippen LogP contribution is -2.18. The Kier molecular flexibility index (Phi) is 7.88. The monoisotopic (exact) mass is 486 g/mol. The molecule has 0 aromatic heterocycles. The Balaban J connectivity index is 1.67. The van der Waals surface area contributed by atoms with E-state index in [-0.39, 0.29) is 5.91 Å².